The van der Waals surface area contributed by atoms with E-state index in [9.17, 15) is 0 Å². The first-order valence-corrected chi connectivity index (χ1v) is 6.94. The molecule has 2 aliphatic heterocycles. The highest BCUT2D eigenvalue weighted by Gasteiger charge is 2.34. The van der Waals surface area contributed by atoms with Gasteiger partial charge in [0.05, 0.1) is 18.8 Å². The lowest BCUT2D eigenvalue weighted by molar-refractivity contribution is -0.0575. The smallest absolute Gasteiger partial charge is 0.0891 e. The zero-order chi connectivity index (χ0) is 12.3. The highest BCUT2D eigenvalue weighted by molar-refractivity contribution is 5.05. The highest BCUT2D eigenvalue weighted by atomic mass is 16.5. The van der Waals surface area contributed by atoms with E-state index in [-0.39, 0.29) is 0 Å². The van der Waals surface area contributed by atoms with E-state index in [1.54, 1.807) is 0 Å². The van der Waals surface area contributed by atoms with Crippen LogP contribution in [0.15, 0.2) is 11.6 Å². The van der Waals surface area contributed by atoms with Gasteiger partial charge in [-0.1, -0.05) is 18.6 Å². The molecule has 0 aromatic heterocycles. The van der Waals surface area contributed by atoms with Crippen molar-refractivity contribution in [3.05, 3.63) is 11.6 Å². The van der Waals surface area contributed by atoms with Crippen molar-refractivity contribution in [2.45, 2.75) is 51.8 Å². The first-order valence-electron chi connectivity index (χ1n) is 6.94. The fourth-order valence-electron chi connectivity index (χ4n) is 2.95. The number of morpholine rings is 1. The molecule has 0 spiro atoms. The Labute approximate surface area is 105 Å². The number of likely N-dealkylation sites (N-methyl/N-ethyl adjacent to an activating group) is 1. The molecule has 3 heteroatoms. The molecule has 3 nitrogen and oxygen atoms in total. The minimum atomic E-state index is 0.319. The van der Waals surface area contributed by atoms with Crippen molar-refractivity contribution in [2.75, 3.05) is 26.2 Å². The van der Waals surface area contributed by atoms with Crippen LogP contribution in [0.3, 0.4) is 0 Å². The van der Waals surface area contributed by atoms with Crippen LogP contribution in [-0.4, -0.2) is 49.3 Å². The summed E-state index contributed by atoms with van der Waals surface area (Å²) in [7, 11) is 0. The van der Waals surface area contributed by atoms with Gasteiger partial charge in [0.15, 0.2) is 0 Å². The number of ether oxygens (including phenoxy) is 1. The van der Waals surface area contributed by atoms with Gasteiger partial charge in [0.1, 0.15) is 0 Å². The molecule has 98 valence electrons. The number of rotatable bonds is 4. The van der Waals surface area contributed by atoms with E-state index in [1.807, 2.05) is 0 Å². The molecule has 0 radical (unpaired) electrons. The van der Waals surface area contributed by atoms with E-state index >= 15 is 0 Å². The Kier molecular flexibility index (Phi) is 4.60. The number of nitrogens with one attached hydrogen (secondary N) is 1. The second-order valence-corrected chi connectivity index (χ2v) is 5.49. The molecule has 0 bridgehead atoms. The molecule has 1 N–H and O–H groups in total. The predicted molar refractivity (Wildman–Crippen MR) is 71.2 cm³/mol. The van der Waals surface area contributed by atoms with Crippen molar-refractivity contribution in [3.8, 4) is 0 Å². The third kappa shape index (κ3) is 3.30. The summed E-state index contributed by atoms with van der Waals surface area (Å²) in [6.07, 6.45) is 5.29. The molecule has 2 fully saturated rings. The third-order valence-electron chi connectivity index (χ3n) is 3.77. The Morgan fingerprint density at radius 1 is 1.53 bits per heavy atom. The molecule has 0 amide bonds. The first kappa shape index (κ1) is 13.1. The summed E-state index contributed by atoms with van der Waals surface area (Å²) < 4.78 is 6.06. The van der Waals surface area contributed by atoms with Gasteiger partial charge in [-0.3, -0.25) is 4.90 Å². The topological polar surface area (TPSA) is 24.5 Å². The Bertz CT molecular complexity index is 273. The van der Waals surface area contributed by atoms with Crippen molar-refractivity contribution in [1.82, 2.24) is 10.2 Å². The van der Waals surface area contributed by atoms with Crippen LogP contribution in [0, 0.1) is 0 Å². The summed E-state index contributed by atoms with van der Waals surface area (Å²) in [6, 6.07) is 1.06. The summed E-state index contributed by atoms with van der Waals surface area (Å²) in [5.74, 6) is 0. The van der Waals surface area contributed by atoms with Gasteiger partial charge >= 0.3 is 0 Å². The zero-order valence-electron chi connectivity index (χ0n) is 11.4. The highest BCUT2D eigenvalue weighted by Crippen LogP contribution is 2.24. The molecule has 3 unspecified atom stereocenters. The molecule has 0 aliphatic carbocycles. The van der Waals surface area contributed by atoms with Crippen LogP contribution < -0.4 is 5.32 Å². The second-order valence-electron chi connectivity index (χ2n) is 5.49. The van der Waals surface area contributed by atoms with Gasteiger partial charge in [0.25, 0.3) is 0 Å². The second kappa shape index (κ2) is 5.98. The van der Waals surface area contributed by atoms with Gasteiger partial charge in [-0.15, -0.1) is 0 Å². The van der Waals surface area contributed by atoms with Crippen molar-refractivity contribution >= 4 is 0 Å². The largest absolute Gasteiger partial charge is 0.373 e. The van der Waals surface area contributed by atoms with Gasteiger partial charge < -0.3 is 10.1 Å². The lowest BCUT2D eigenvalue weighted by atomic mass is 10.0. The molecule has 3 atom stereocenters. The first-order chi connectivity index (χ1) is 8.20. The summed E-state index contributed by atoms with van der Waals surface area (Å²) in [5, 5.41) is 3.54. The normalized spacial score (nSPS) is 31.0. The van der Waals surface area contributed by atoms with E-state index < -0.39 is 0 Å². The Hall–Kier alpha value is -0.380. The molecular weight excluding hydrogens is 212 g/mol. The van der Waals surface area contributed by atoms with Crippen LogP contribution in [0.25, 0.3) is 0 Å². The van der Waals surface area contributed by atoms with Gasteiger partial charge in [0.2, 0.25) is 0 Å². The van der Waals surface area contributed by atoms with E-state index in [0.29, 0.717) is 18.2 Å². The number of hydrogen-bond donors (Lipinski definition) is 1. The van der Waals surface area contributed by atoms with Crippen molar-refractivity contribution in [2.24, 2.45) is 0 Å². The van der Waals surface area contributed by atoms with Crippen LogP contribution in [0.1, 0.15) is 33.6 Å². The lowest BCUT2D eigenvalue weighted by Crippen LogP contribution is -2.53. The quantitative estimate of drug-likeness (QED) is 0.756. The van der Waals surface area contributed by atoms with Crippen LogP contribution in [0.4, 0.5) is 0 Å². The standard InChI is InChI=1S/C14H26N2O/c1-4-15-13(8-11(2)3)14-9-16-7-5-6-12(16)10-17-14/h8,12-15H,4-7,9-10H2,1-3H3. The maximum atomic E-state index is 6.06. The van der Waals surface area contributed by atoms with Crippen molar-refractivity contribution < 1.29 is 4.74 Å². The minimum absolute atomic E-state index is 0.319. The van der Waals surface area contributed by atoms with E-state index in [0.717, 1.165) is 19.7 Å². The average molecular weight is 238 g/mol. The summed E-state index contributed by atoms with van der Waals surface area (Å²) in [4.78, 5) is 2.61. The molecule has 0 aromatic carbocycles. The van der Waals surface area contributed by atoms with E-state index in [1.165, 1.54) is 25.0 Å². The molecule has 2 aliphatic rings. The van der Waals surface area contributed by atoms with Gasteiger partial charge in [0, 0.05) is 12.6 Å². The van der Waals surface area contributed by atoms with Gasteiger partial charge in [-0.05, 0) is 39.8 Å². The monoisotopic (exact) mass is 238 g/mol. The summed E-state index contributed by atoms with van der Waals surface area (Å²) in [5.41, 5.74) is 1.36. The zero-order valence-corrected chi connectivity index (χ0v) is 11.4. The number of nitrogens with zero attached hydrogens (tertiary/aromatic N) is 1. The maximum absolute atomic E-state index is 6.06. The van der Waals surface area contributed by atoms with Crippen LogP contribution in [-0.2, 0) is 4.74 Å². The lowest BCUT2D eigenvalue weighted by Gasteiger charge is -2.38. The fourth-order valence-corrected chi connectivity index (χ4v) is 2.95. The Balaban J connectivity index is 1.97. The van der Waals surface area contributed by atoms with Crippen molar-refractivity contribution in [1.29, 1.82) is 0 Å². The van der Waals surface area contributed by atoms with Crippen molar-refractivity contribution in [3.63, 3.8) is 0 Å². The molecule has 2 rings (SSSR count). The summed E-state index contributed by atoms with van der Waals surface area (Å²) in [6.45, 7) is 10.7. The fraction of sp³-hybridized carbons (Fsp3) is 0.857. The van der Waals surface area contributed by atoms with E-state index in [2.05, 4.69) is 37.1 Å². The van der Waals surface area contributed by atoms with Crippen LogP contribution in [0.5, 0.6) is 0 Å². The van der Waals surface area contributed by atoms with Crippen LogP contribution in [0.2, 0.25) is 0 Å². The minimum Gasteiger partial charge on any atom is -0.373 e. The molecule has 0 aromatic rings. The van der Waals surface area contributed by atoms with Gasteiger partial charge in [-0.25, -0.2) is 0 Å². The third-order valence-corrected chi connectivity index (χ3v) is 3.77. The van der Waals surface area contributed by atoms with E-state index in [4.69, 9.17) is 4.74 Å². The number of fused-ring (bicyclic) bond motifs is 1. The maximum Gasteiger partial charge on any atom is 0.0891 e. The van der Waals surface area contributed by atoms with Gasteiger partial charge in [-0.2, -0.15) is 0 Å². The average Bonchev–Trinajstić information content (AvgIpc) is 2.74. The molecule has 0 saturated carbocycles. The van der Waals surface area contributed by atoms with Crippen LogP contribution >= 0.6 is 0 Å². The SMILES string of the molecule is CCNC(C=C(C)C)C1CN2CCCC2CO1. The molecule has 2 saturated heterocycles. The number of allylic oxidation sites excluding steroid dienone is 1. The molecular formula is C14H26N2O. The summed E-state index contributed by atoms with van der Waals surface area (Å²) >= 11 is 0. The number of hydrogen-bond acceptors (Lipinski definition) is 3. The molecule has 2 heterocycles. The Morgan fingerprint density at radius 2 is 2.35 bits per heavy atom. The predicted octanol–water partition coefficient (Wildman–Crippen LogP) is 1.79. The Morgan fingerprint density at radius 3 is 3.06 bits per heavy atom. The molecule has 17 heavy (non-hydrogen) atoms.